The Morgan fingerprint density at radius 2 is 1.72 bits per heavy atom. The maximum absolute atomic E-state index is 2.30. The molecule has 1 aromatic heterocycles. The minimum absolute atomic E-state index is 0.984. The number of hydrogen-bond donors (Lipinski definition) is 0. The summed E-state index contributed by atoms with van der Waals surface area (Å²) in [6.45, 7) is 7.17. The van der Waals surface area contributed by atoms with Crippen LogP contribution >= 0.6 is 11.8 Å². The zero-order valence-electron chi connectivity index (χ0n) is 15.4. The van der Waals surface area contributed by atoms with Gasteiger partial charge in [-0.25, -0.2) is 0 Å². The Morgan fingerprint density at radius 1 is 1.00 bits per heavy atom. The van der Waals surface area contributed by atoms with Crippen molar-refractivity contribution in [3.05, 3.63) is 71.4 Å². The van der Waals surface area contributed by atoms with Crippen molar-refractivity contribution >= 4 is 34.4 Å². The molecule has 0 aliphatic carbocycles. The van der Waals surface area contributed by atoms with Crippen LogP contribution in [0.15, 0.2) is 70.7 Å². The highest BCUT2D eigenvalue weighted by Crippen LogP contribution is 2.45. The van der Waals surface area contributed by atoms with Crippen molar-refractivity contribution in [2.24, 2.45) is 0 Å². The van der Waals surface area contributed by atoms with E-state index in [0.29, 0.717) is 0 Å². The second-order valence-corrected chi connectivity index (χ2v) is 6.75. The van der Waals surface area contributed by atoms with Crippen molar-refractivity contribution in [2.45, 2.75) is 32.2 Å². The molecule has 2 nitrogen and oxygen atoms in total. The first kappa shape index (κ1) is 17.6. The van der Waals surface area contributed by atoms with Crippen LogP contribution in [0.2, 0.25) is 0 Å². The van der Waals surface area contributed by atoms with Gasteiger partial charge in [0.05, 0.1) is 16.1 Å². The van der Waals surface area contributed by atoms with E-state index in [4.69, 9.17) is 0 Å². The van der Waals surface area contributed by atoms with Crippen LogP contribution in [-0.2, 0) is 6.54 Å². The summed E-state index contributed by atoms with van der Waals surface area (Å²) in [5.41, 5.74) is 3.84. The van der Waals surface area contributed by atoms with Gasteiger partial charge in [-0.15, -0.1) is 0 Å². The molecule has 2 aromatic carbocycles. The fourth-order valence-corrected chi connectivity index (χ4v) is 4.19. The minimum atomic E-state index is 0.984. The van der Waals surface area contributed by atoms with Gasteiger partial charge in [0.25, 0.3) is 0 Å². The number of anilines is 1. The van der Waals surface area contributed by atoms with Gasteiger partial charge in [-0.05, 0) is 36.8 Å². The average Bonchev–Trinajstić information content (AvgIpc) is 3.00. The lowest BCUT2D eigenvalue weighted by atomic mass is 10.1. The number of benzene rings is 2. The number of pyridine rings is 1. The molecular weight excluding hydrogens is 324 g/mol. The van der Waals surface area contributed by atoms with E-state index < -0.39 is 0 Å². The van der Waals surface area contributed by atoms with Crippen molar-refractivity contribution in [3.63, 3.8) is 0 Å². The molecule has 0 atom stereocenters. The lowest BCUT2D eigenvalue weighted by Crippen LogP contribution is -2.32. The average molecular weight is 350 g/mol. The topological polar surface area (TPSA) is 7.12 Å². The van der Waals surface area contributed by atoms with E-state index in [1.165, 1.54) is 32.1 Å². The number of nitrogens with zero attached hydrogens (tertiary/aromatic N) is 2. The van der Waals surface area contributed by atoms with Gasteiger partial charge in [-0.1, -0.05) is 49.9 Å². The summed E-state index contributed by atoms with van der Waals surface area (Å²) in [4.78, 5) is 3.60. The molecule has 0 saturated heterocycles. The molecule has 0 radical (unpaired) electrons. The first-order valence-corrected chi connectivity index (χ1v) is 9.73. The molecule has 1 aliphatic heterocycles. The summed E-state index contributed by atoms with van der Waals surface area (Å²) in [6.07, 6.45) is 4.48. The molecule has 3 heteroatoms. The van der Waals surface area contributed by atoms with Crippen LogP contribution in [-0.4, -0.2) is 7.05 Å². The molecule has 0 N–H and O–H groups in total. The fraction of sp³-hybridized carbons (Fsp3) is 0.227. The predicted molar refractivity (Wildman–Crippen MR) is 110 cm³/mol. The first-order valence-electron chi connectivity index (χ1n) is 8.91. The van der Waals surface area contributed by atoms with Crippen LogP contribution in [0, 0.1) is 0 Å². The molecule has 0 bridgehead atoms. The highest BCUT2D eigenvalue weighted by molar-refractivity contribution is 8.03. The lowest BCUT2D eigenvalue weighted by molar-refractivity contribution is -0.667. The minimum Gasteiger partial charge on any atom is -0.338 e. The molecule has 2 heterocycles. The zero-order chi connectivity index (χ0) is 17.8. The Morgan fingerprint density at radius 3 is 2.48 bits per heavy atom. The van der Waals surface area contributed by atoms with E-state index in [9.17, 15) is 0 Å². The standard InChI is InChI=1S/C20H19N2S.C2H6/c1-3-22-13-12-15(16-8-4-5-9-17(16)22)14-20-21(2)18-10-6-7-11-19(18)23-20;1-2/h4-14H,3H2,1-2H3;1-2H3/q+1;. The van der Waals surface area contributed by atoms with E-state index in [0.717, 1.165) is 6.54 Å². The summed E-state index contributed by atoms with van der Waals surface area (Å²) in [6, 6.07) is 19.4. The number of aryl methyl sites for hydroxylation is 1. The van der Waals surface area contributed by atoms with Crippen LogP contribution in [0.4, 0.5) is 5.69 Å². The molecule has 1 aliphatic rings. The summed E-state index contributed by atoms with van der Waals surface area (Å²) >= 11 is 1.84. The Kier molecular flexibility index (Phi) is 5.44. The maximum Gasteiger partial charge on any atom is 0.213 e. The summed E-state index contributed by atoms with van der Waals surface area (Å²) in [5.74, 6) is 0. The van der Waals surface area contributed by atoms with E-state index in [1.54, 1.807) is 0 Å². The van der Waals surface area contributed by atoms with Gasteiger partial charge in [-0.2, -0.15) is 4.57 Å². The van der Waals surface area contributed by atoms with Crippen molar-refractivity contribution in [3.8, 4) is 0 Å². The van der Waals surface area contributed by atoms with Crippen LogP contribution in [0.25, 0.3) is 17.0 Å². The van der Waals surface area contributed by atoms with Crippen LogP contribution in [0.1, 0.15) is 26.3 Å². The van der Waals surface area contributed by atoms with Crippen molar-refractivity contribution in [1.82, 2.24) is 0 Å². The third kappa shape index (κ3) is 3.29. The van der Waals surface area contributed by atoms with E-state index in [2.05, 4.69) is 90.3 Å². The predicted octanol–water partition coefficient (Wildman–Crippen LogP) is 5.71. The fourth-order valence-electron chi connectivity index (χ4n) is 3.09. The third-order valence-electron chi connectivity index (χ3n) is 4.35. The Labute approximate surface area is 154 Å². The quantitative estimate of drug-likeness (QED) is 0.547. The number of aromatic nitrogens is 1. The molecule has 128 valence electrons. The highest BCUT2D eigenvalue weighted by atomic mass is 32.2. The van der Waals surface area contributed by atoms with Crippen molar-refractivity contribution < 1.29 is 4.57 Å². The summed E-state index contributed by atoms with van der Waals surface area (Å²) < 4.78 is 2.29. The van der Waals surface area contributed by atoms with Gasteiger partial charge in [-0.3, -0.25) is 0 Å². The molecule has 0 fully saturated rings. The molecule has 3 aromatic rings. The van der Waals surface area contributed by atoms with Gasteiger partial charge in [0.1, 0.15) is 6.54 Å². The molecule has 0 spiro atoms. The van der Waals surface area contributed by atoms with Crippen LogP contribution in [0.3, 0.4) is 0 Å². The molecule has 0 saturated carbocycles. The number of thioether (sulfide) groups is 1. The lowest BCUT2D eigenvalue weighted by Gasteiger charge is -2.13. The number of fused-ring (bicyclic) bond motifs is 2. The SMILES string of the molecule is CC.CC[n+]1ccc(/C=C2\Sc3ccccc3N2C)c2ccccc21. The van der Waals surface area contributed by atoms with E-state index in [-0.39, 0.29) is 0 Å². The van der Waals surface area contributed by atoms with Gasteiger partial charge in [0.2, 0.25) is 5.52 Å². The first-order chi connectivity index (χ1) is 12.3. The zero-order valence-corrected chi connectivity index (χ0v) is 16.2. The molecular formula is C22H25N2S+. The molecule has 0 unspecified atom stereocenters. The van der Waals surface area contributed by atoms with Gasteiger partial charge < -0.3 is 4.90 Å². The molecule has 4 rings (SSSR count). The van der Waals surface area contributed by atoms with Gasteiger partial charge in [0.15, 0.2) is 6.20 Å². The monoisotopic (exact) mass is 349 g/mol. The second kappa shape index (κ2) is 7.75. The maximum atomic E-state index is 2.30. The third-order valence-corrected chi connectivity index (χ3v) is 5.52. The van der Waals surface area contributed by atoms with Gasteiger partial charge >= 0.3 is 0 Å². The highest BCUT2D eigenvalue weighted by Gasteiger charge is 2.21. The van der Waals surface area contributed by atoms with Gasteiger partial charge in [0, 0.05) is 24.1 Å². The number of rotatable bonds is 2. The molecule has 25 heavy (non-hydrogen) atoms. The number of para-hydroxylation sites is 2. The Balaban J connectivity index is 0.000000880. The summed E-state index contributed by atoms with van der Waals surface area (Å²) in [7, 11) is 2.14. The normalized spacial score (nSPS) is 14.4. The van der Waals surface area contributed by atoms with Crippen molar-refractivity contribution in [1.29, 1.82) is 0 Å². The second-order valence-electron chi connectivity index (χ2n) is 5.69. The Hall–Kier alpha value is -2.26. The molecule has 0 amide bonds. The summed E-state index contributed by atoms with van der Waals surface area (Å²) in [5, 5.41) is 2.57. The van der Waals surface area contributed by atoms with Crippen LogP contribution < -0.4 is 9.47 Å². The van der Waals surface area contributed by atoms with E-state index >= 15 is 0 Å². The smallest absolute Gasteiger partial charge is 0.213 e. The Bertz CT molecular complexity index is 915. The number of hydrogen-bond acceptors (Lipinski definition) is 2. The van der Waals surface area contributed by atoms with Crippen LogP contribution in [0.5, 0.6) is 0 Å². The largest absolute Gasteiger partial charge is 0.338 e. The van der Waals surface area contributed by atoms with E-state index in [1.807, 2.05) is 25.6 Å². The van der Waals surface area contributed by atoms with Crippen molar-refractivity contribution in [2.75, 3.05) is 11.9 Å².